The molecule has 0 radical (unpaired) electrons. The lowest BCUT2D eigenvalue weighted by Crippen LogP contribution is -2.23. The fraction of sp³-hybridized carbons (Fsp3) is 0.154. The number of aromatic nitrogens is 1. The molecular weight excluding hydrogens is 374 g/mol. The Bertz CT molecular complexity index is 830. The van der Waals surface area contributed by atoms with Crippen molar-refractivity contribution in [1.82, 2.24) is 4.57 Å². The molecule has 0 bridgehead atoms. The topological polar surface area (TPSA) is 22.0 Å². The maximum atomic E-state index is 13.8. The molecule has 2 rings (SSSR count). The molecule has 1 heterocycles. The molecule has 0 aliphatic carbocycles. The molecule has 1 aromatic heterocycles. The number of alkyl halides is 6. The van der Waals surface area contributed by atoms with E-state index in [0.717, 1.165) is 0 Å². The molecule has 0 atom stereocenters. The molecular formula is C13H4ClF8NO. The van der Waals surface area contributed by atoms with Crippen LogP contribution < -0.4 is 5.56 Å². The molecule has 130 valence electrons. The van der Waals surface area contributed by atoms with Gasteiger partial charge in [0.05, 0.1) is 16.1 Å². The van der Waals surface area contributed by atoms with Crippen LogP contribution in [0.3, 0.4) is 0 Å². The maximum Gasteiger partial charge on any atom is 0.418 e. The standard InChI is InChI=1S/C13H4ClF8NO/c14-7-4-23(10(24)3-6(7)13(20,21)22)11-8(15)1-5(2-9(11)16)12(17,18)19/h1-4H. The van der Waals surface area contributed by atoms with E-state index in [-0.39, 0.29) is 29.0 Å². The summed E-state index contributed by atoms with van der Waals surface area (Å²) in [6.45, 7) is 0. The average Bonchev–Trinajstić information content (AvgIpc) is 2.39. The fourth-order valence-corrected chi connectivity index (χ4v) is 2.12. The van der Waals surface area contributed by atoms with Crippen LogP contribution in [0.2, 0.25) is 5.02 Å². The van der Waals surface area contributed by atoms with Gasteiger partial charge < -0.3 is 0 Å². The van der Waals surface area contributed by atoms with E-state index in [4.69, 9.17) is 11.6 Å². The molecule has 11 heteroatoms. The summed E-state index contributed by atoms with van der Waals surface area (Å²) in [5, 5.41) is -1.05. The highest BCUT2D eigenvalue weighted by Gasteiger charge is 2.35. The lowest BCUT2D eigenvalue weighted by Gasteiger charge is -2.14. The minimum absolute atomic E-state index is 0.0150. The third-order valence-electron chi connectivity index (χ3n) is 2.90. The Kier molecular flexibility index (Phi) is 4.38. The van der Waals surface area contributed by atoms with Gasteiger partial charge in [0.1, 0.15) is 5.69 Å². The Balaban J connectivity index is 2.70. The molecule has 2 aromatic rings. The lowest BCUT2D eigenvalue weighted by molar-refractivity contribution is -0.138. The summed E-state index contributed by atoms with van der Waals surface area (Å²) in [5.41, 5.74) is -6.00. The van der Waals surface area contributed by atoms with Gasteiger partial charge in [-0.1, -0.05) is 11.6 Å². The molecule has 1 aromatic carbocycles. The van der Waals surface area contributed by atoms with Crippen LogP contribution in [0.15, 0.2) is 29.2 Å². The Hall–Kier alpha value is -2.10. The fourth-order valence-electron chi connectivity index (χ4n) is 1.86. The number of rotatable bonds is 1. The number of pyridine rings is 1. The maximum absolute atomic E-state index is 13.8. The van der Waals surface area contributed by atoms with Crippen molar-refractivity contribution in [3.05, 3.63) is 62.5 Å². The Morgan fingerprint density at radius 1 is 0.875 bits per heavy atom. The summed E-state index contributed by atoms with van der Waals surface area (Å²) in [6, 6.07) is -0.189. The first-order valence-corrected chi connectivity index (χ1v) is 6.26. The molecule has 0 unspecified atom stereocenters. The highest BCUT2D eigenvalue weighted by atomic mass is 35.5. The van der Waals surface area contributed by atoms with Crippen LogP contribution in [0.4, 0.5) is 35.1 Å². The summed E-state index contributed by atoms with van der Waals surface area (Å²) in [6.07, 6.45) is -9.77. The highest BCUT2D eigenvalue weighted by molar-refractivity contribution is 6.31. The van der Waals surface area contributed by atoms with Crippen LogP contribution in [0.25, 0.3) is 5.69 Å². The van der Waals surface area contributed by atoms with Gasteiger partial charge in [-0.05, 0) is 12.1 Å². The van der Waals surface area contributed by atoms with Crippen LogP contribution in [-0.4, -0.2) is 4.57 Å². The predicted molar refractivity (Wildman–Crippen MR) is 67.0 cm³/mol. The van der Waals surface area contributed by atoms with Crippen LogP contribution >= 0.6 is 11.6 Å². The predicted octanol–water partition coefficient (Wildman–Crippen LogP) is 4.81. The van der Waals surface area contributed by atoms with Gasteiger partial charge in [-0.2, -0.15) is 26.3 Å². The molecule has 0 amide bonds. The van der Waals surface area contributed by atoms with Crippen molar-refractivity contribution >= 4 is 11.6 Å². The van der Waals surface area contributed by atoms with E-state index in [2.05, 4.69) is 0 Å². The van der Waals surface area contributed by atoms with Gasteiger partial charge in [-0.25, -0.2) is 8.78 Å². The number of benzene rings is 1. The van der Waals surface area contributed by atoms with Gasteiger partial charge in [-0.15, -0.1) is 0 Å². The molecule has 0 saturated carbocycles. The molecule has 0 spiro atoms. The lowest BCUT2D eigenvalue weighted by atomic mass is 10.1. The van der Waals surface area contributed by atoms with E-state index < -0.39 is 51.4 Å². The van der Waals surface area contributed by atoms with Crippen LogP contribution in [0, 0.1) is 11.6 Å². The van der Waals surface area contributed by atoms with Crippen molar-refractivity contribution in [1.29, 1.82) is 0 Å². The molecule has 2 nitrogen and oxygen atoms in total. The first-order chi connectivity index (χ1) is 10.8. The van der Waals surface area contributed by atoms with Gasteiger partial charge in [0.2, 0.25) is 0 Å². The molecule has 0 aliphatic heterocycles. The van der Waals surface area contributed by atoms with Crippen LogP contribution in [0.5, 0.6) is 0 Å². The molecule has 0 fully saturated rings. The zero-order chi connectivity index (χ0) is 18.4. The van der Waals surface area contributed by atoms with Crippen molar-refractivity contribution in [2.75, 3.05) is 0 Å². The van der Waals surface area contributed by atoms with Gasteiger partial charge >= 0.3 is 12.4 Å². The minimum Gasteiger partial charge on any atom is -0.277 e. The third-order valence-corrected chi connectivity index (χ3v) is 3.20. The zero-order valence-electron chi connectivity index (χ0n) is 11.1. The second-order valence-corrected chi connectivity index (χ2v) is 4.93. The van der Waals surface area contributed by atoms with E-state index in [9.17, 15) is 39.9 Å². The van der Waals surface area contributed by atoms with Crippen molar-refractivity contribution in [3.63, 3.8) is 0 Å². The zero-order valence-corrected chi connectivity index (χ0v) is 11.8. The monoisotopic (exact) mass is 377 g/mol. The summed E-state index contributed by atoms with van der Waals surface area (Å²) in [5.74, 6) is -3.58. The minimum atomic E-state index is -5.05. The van der Waals surface area contributed by atoms with E-state index >= 15 is 0 Å². The second-order valence-electron chi connectivity index (χ2n) is 4.53. The third kappa shape index (κ3) is 3.37. The quantitative estimate of drug-likeness (QED) is 0.654. The number of halogens is 9. The van der Waals surface area contributed by atoms with Gasteiger partial charge in [0.25, 0.3) is 5.56 Å². The summed E-state index contributed by atoms with van der Waals surface area (Å²) in [7, 11) is 0. The van der Waals surface area contributed by atoms with Gasteiger partial charge in [0, 0.05) is 12.3 Å². The van der Waals surface area contributed by atoms with E-state index in [1.807, 2.05) is 0 Å². The summed E-state index contributed by atoms with van der Waals surface area (Å²) < 4.78 is 103. The molecule has 0 aliphatic rings. The highest BCUT2D eigenvalue weighted by Crippen LogP contribution is 2.35. The van der Waals surface area contributed by atoms with Crippen molar-refractivity contribution < 1.29 is 35.1 Å². The number of hydrogen-bond acceptors (Lipinski definition) is 1. The molecule has 24 heavy (non-hydrogen) atoms. The first kappa shape index (κ1) is 18.2. The SMILES string of the molecule is O=c1cc(C(F)(F)F)c(Cl)cn1-c1c(F)cc(C(F)(F)F)cc1F. The summed E-state index contributed by atoms with van der Waals surface area (Å²) >= 11 is 5.34. The van der Waals surface area contributed by atoms with Crippen LogP contribution in [-0.2, 0) is 12.4 Å². The molecule has 0 saturated heterocycles. The van der Waals surface area contributed by atoms with E-state index in [0.29, 0.717) is 0 Å². The molecule has 0 N–H and O–H groups in total. The van der Waals surface area contributed by atoms with E-state index in [1.54, 1.807) is 0 Å². The van der Waals surface area contributed by atoms with Crippen molar-refractivity contribution in [3.8, 4) is 5.69 Å². The normalized spacial score (nSPS) is 12.5. The average molecular weight is 378 g/mol. The Morgan fingerprint density at radius 3 is 1.79 bits per heavy atom. The number of hydrogen-bond donors (Lipinski definition) is 0. The van der Waals surface area contributed by atoms with Crippen molar-refractivity contribution in [2.45, 2.75) is 12.4 Å². The first-order valence-electron chi connectivity index (χ1n) is 5.88. The van der Waals surface area contributed by atoms with Crippen molar-refractivity contribution in [2.24, 2.45) is 0 Å². The Morgan fingerprint density at radius 2 is 1.38 bits per heavy atom. The second kappa shape index (κ2) is 5.76. The van der Waals surface area contributed by atoms with E-state index in [1.165, 1.54) is 0 Å². The van der Waals surface area contributed by atoms with Gasteiger partial charge in [-0.3, -0.25) is 9.36 Å². The number of nitrogens with zero attached hydrogens (tertiary/aromatic N) is 1. The largest absolute Gasteiger partial charge is 0.418 e. The van der Waals surface area contributed by atoms with Gasteiger partial charge in [0.15, 0.2) is 11.6 Å². The Labute approximate surface area is 132 Å². The van der Waals surface area contributed by atoms with Crippen LogP contribution in [0.1, 0.15) is 11.1 Å². The smallest absolute Gasteiger partial charge is 0.277 e. The summed E-state index contributed by atoms with van der Waals surface area (Å²) in [4.78, 5) is 11.7.